The number of hydrogen-bond acceptors (Lipinski definition) is 4. The van der Waals surface area contributed by atoms with E-state index in [-0.39, 0.29) is 16.9 Å². The highest BCUT2D eigenvalue weighted by Crippen LogP contribution is 2.27. The van der Waals surface area contributed by atoms with Gasteiger partial charge in [-0.15, -0.1) is 0 Å². The Morgan fingerprint density at radius 3 is 2.73 bits per heavy atom. The van der Waals surface area contributed by atoms with Gasteiger partial charge in [0.05, 0.1) is 13.2 Å². The molecule has 0 radical (unpaired) electrons. The third-order valence-corrected chi connectivity index (χ3v) is 3.37. The Morgan fingerprint density at radius 1 is 1.67 bits per heavy atom. The number of nitrogens with zero attached hydrogens (tertiary/aromatic N) is 1. The van der Waals surface area contributed by atoms with Gasteiger partial charge in [-0.1, -0.05) is 15.9 Å². The van der Waals surface area contributed by atoms with E-state index in [1.54, 1.807) is 0 Å². The molecule has 0 saturated heterocycles. The number of esters is 1. The van der Waals surface area contributed by atoms with Crippen LogP contribution in [0.2, 0.25) is 0 Å². The molecule has 0 spiro atoms. The molecule has 0 aromatic carbocycles. The van der Waals surface area contributed by atoms with Crippen LogP contribution in [-0.2, 0) is 9.53 Å². The average Bonchev–Trinajstić information content (AvgIpc) is 2.14. The van der Waals surface area contributed by atoms with Gasteiger partial charge < -0.3 is 14.7 Å². The summed E-state index contributed by atoms with van der Waals surface area (Å²) in [4.78, 5) is 13.0. The van der Waals surface area contributed by atoms with Crippen LogP contribution in [0.3, 0.4) is 0 Å². The van der Waals surface area contributed by atoms with Gasteiger partial charge in [0.25, 0.3) is 0 Å². The van der Waals surface area contributed by atoms with Crippen molar-refractivity contribution in [3.05, 3.63) is 0 Å². The maximum absolute atomic E-state index is 11.1. The van der Waals surface area contributed by atoms with Gasteiger partial charge in [0.1, 0.15) is 4.83 Å². The number of carbonyl (C=O) groups is 1. The first kappa shape index (κ1) is 12.9. The highest BCUT2D eigenvalue weighted by molar-refractivity contribution is 9.10. The molecule has 1 rings (SSSR count). The lowest BCUT2D eigenvalue weighted by Gasteiger charge is -2.34. The van der Waals surface area contributed by atoms with Crippen molar-refractivity contribution in [2.75, 3.05) is 27.2 Å². The summed E-state index contributed by atoms with van der Waals surface area (Å²) in [6.45, 7) is 1.56. The van der Waals surface area contributed by atoms with Crippen molar-refractivity contribution in [2.24, 2.45) is 5.92 Å². The predicted octanol–water partition coefficient (Wildman–Crippen LogP) is 0.626. The van der Waals surface area contributed by atoms with E-state index in [1.807, 2.05) is 7.05 Å². The monoisotopic (exact) mass is 279 g/mol. The van der Waals surface area contributed by atoms with Crippen LogP contribution in [0.15, 0.2) is 0 Å². The fourth-order valence-corrected chi connectivity index (χ4v) is 2.52. The molecule has 1 aliphatic rings. The van der Waals surface area contributed by atoms with Gasteiger partial charge in [-0.2, -0.15) is 0 Å². The van der Waals surface area contributed by atoms with E-state index < -0.39 is 0 Å². The Morgan fingerprint density at radius 2 is 2.27 bits per heavy atom. The summed E-state index contributed by atoms with van der Waals surface area (Å²) >= 11 is 3.28. The average molecular weight is 280 g/mol. The number of ether oxygens (including phenoxy) is 1. The molecule has 0 heterocycles. The van der Waals surface area contributed by atoms with Crippen molar-refractivity contribution in [3.8, 4) is 0 Å². The standard InChI is InChI=1S/C10H18BrNO3/c1-12(5-7-3-8(13)4-7)6-9(11)10(14)15-2/h7-9,13H,3-6H2,1-2H3. The molecule has 1 N–H and O–H groups in total. The summed E-state index contributed by atoms with van der Waals surface area (Å²) in [6.07, 6.45) is 1.66. The number of methoxy groups -OCH3 is 1. The molecule has 0 bridgehead atoms. The minimum Gasteiger partial charge on any atom is -0.468 e. The SMILES string of the molecule is COC(=O)C(Br)CN(C)CC1CC(O)C1. The van der Waals surface area contributed by atoms with Crippen molar-refractivity contribution in [1.29, 1.82) is 0 Å². The summed E-state index contributed by atoms with van der Waals surface area (Å²) < 4.78 is 4.62. The van der Waals surface area contributed by atoms with Gasteiger partial charge in [-0.05, 0) is 25.8 Å². The van der Waals surface area contributed by atoms with Crippen LogP contribution in [0.5, 0.6) is 0 Å². The van der Waals surface area contributed by atoms with Gasteiger partial charge in [-0.3, -0.25) is 4.79 Å². The molecule has 15 heavy (non-hydrogen) atoms. The minimum absolute atomic E-state index is 0.108. The van der Waals surface area contributed by atoms with Crippen LogP contribution < -0.4 is 0 Å². The Labute approximate surface area is 98.7 Å². The number of aliphatic hydroxyl groups excluding tert-OH is 1. The lowest BCUT2D eigenvalue weighted by atomic mass is 9.82. The fourth-order valence-electron chi connectivity index (χ4n) is 1.84. The summed E-state index contributed by atoms with van der Waals surface area (Å²) in [5.41, 5.74) is 0. The smallest absolute Gasteiger partial charge is 0.320 e. The lowest BCUT2D eigenvalue weighted by Crippen LogP contribution is -2.40. The third-order valence-electron chi connectivity index (χ3n) is 2.71. The van der Waals surface area contributed by atoms with Crippen LogP contribution in [-0.4, -0.2) is 54.2 Å². The van der Waals surface area contributed by atoms with E-state index in [0.717, 1.165) is 19.4 Å². The summed E-state index contributed by atoms with van der Waals surface area (Å²) in [5, 5.41) is 9.14. The molecule has 88 valence electrons. The fraction of sp³-hybridized carbons (Fsp3) is 0.900. The zero-order valence-corrected chi connectivity index (χ0v) is 10.7. The van der Waals surface area contributed by atoms with Crippen molar-refractivity contribution in [1.82, 2.24) is 4.90 Å². The van der Waals surface area contributed by atoms with Crippen molar-refractivity contribution in [2.45, 2.75) is 23.8 Å². The summed E-state index contributed by atoms with van der Waals surface area (Å²) in [5.74, 6) is 0.331. The molecule has 1 saturated carbocycles. The highest BCUT2D eigenvalue weighted by atomic mass is 79.9. The largest absolute Gasteiger partial charge is 0.468 e. The molecule has 4 nitrogen and oxygen atoms in total. The first-order valence-electron chi connectivity index (χ1n) is 5.11. The molecule has 5 heteroatoms. The summed E-state index contributed by atoms with van der Waals surface area (Å²) in [6, 6.07) is 0. The van der Waals surface area contributed by atoms with E-state index in [0.29, 0.717) is 12.5 Å². The van der Waals surface area contributed by atoms with E-state index in [4.69, 9.17) is 5.11 Å². The number of rotatable bonds is 5. The normalized spacial score (nSPS) is 27.3. The number of hydrogen-bond donors (Lipinski definition) is 1. The molecular formula is C10H18BrNO3. The highest BCUT2D eigenvalue weighted by Gasteiger charge is 2.28. The molecule has 0 aromatic rings. The quantitative estimate of drug-likeness (QED) is 0.592. The molecule has 0 amide bonds. The van der Waals surface area contributed by atoms with Crippen LogP contribution in [0.1, 0.15) is 12.8 Å². The zero-order chi connectivity index (χ0) is 11.4. The van der Waals surface area contributed by atoms with Crippen molar-refractivity contribution < 1.29 is 14.6 Å². The van der Waals surface area contributed by atoms with Crippen LogP contribution in [0.4, 0.5) is 0 Å². The second-order valence-corrected chi connectivity index (χ2v) is 5.31. The Kier molecular flexibility index (Phi) is 5.02. The molecular weight excluding hydrogens is 262 g/mol. The minimum atomic E-state index is -0.266. The van der Waals surface area contributed by atoms with Crippen LogP contribution in [0, 0.1) is 5.92 Å². The Balaban J connectivity index is 2.17. The van der Waals surface area contributed by atoms with E-state index >= 15 is 0 Å². The molecule has 1 fully saturated rings. The first-order chi connectivity index (χ1) is 7.02. The second-order valence-electron chi connectivity index (χ2n) is 4.20. The second kappa shape index (κ2) is 5.82. The number of alkyl halides is 1. The van der Waals surface area contributed by atoms with Gasteiger partial charge in [-0.25, -0.2) is 0 Å². The van der Waals surface area contributed by atoms with Gasteiger partial charge in [0, 0.05) is 13.1 Å². The maximum atomic E-state index is 11.1. The molecule has 0 aliphatic heterocycles. The van der Waals surface area contributed by atoms with Gasteiger partial charge >= 0.3 is 5.97 Å². The predicted molar refractivity (Wildman–Crippen MR) is 61.0 cm³/mol. The maximum Gasteiger partial charge on any atom is 0.320 e. The third kappa shape index (κ3) is 4.09. The number of halogens is 1. The number of aliphatic hydroxyl groups is 1. The zero-order valence-electron chi connectivity index (χ0n) is 9.15. The lowest BCUT2D eigenvalue weighted by molar-refractivity contribution is -0.140. The molecule has 1 aliphatic carbocycles. The summed E-state index contributed by atoms with van der Waals surface area (Å²) in [7, 11) is 3.36. The molecule has 1 unspecified atom stereocenters. The number of carbonyl (C=O) groups excluding carboxylic acids is 1. The molecule has 1 atom stereocenters. The van der Waals surface area contributed by atoms with Crippen LogP contribution >= 0.6 is 15.9 Å². The Hall–Kier alpha value is -0.130. The van der Waals surface area contributed by atoms with Crippen molar-refractivity contribution >= 4 is 21.9 Å². The van der Waals surface area contributed by atoms with E-state index in [9.17, 15) is 4.79 Å². The topological polar surface area (TPSA) is 49.8 Å². The van der Waals surface area contributed by atoms with Crippen LogP contribution in [0.25, 0.3) is 0 Å². The van der Waals surface area contributed by atoms with Gasteiger partial charge in [0.2, 0.25) is 0 Å². The Bertz CT molecular complexity index is 219. The first-order valence-corrected chi connectivity index (χ1v) is 6.03. The van der Waals surface area contributed by atoms with Gasteiger partial charge in [0.15, 0.2) is 0 Å². The van der Waals surface area contributed by atoms with E-state index in [2.05, 4.69) is 25.6 Å². The van der Waals surface area contributed by atoms with Crippen molar-refractivity contribution in [3.63, 3.8) is 0 Å². The van der Waals surface area contributed by atoms with E-state index in [1.165, 1.54) is 7.11 Å². The molecule has 0 aromatic heterocycles.